The summed E-state index contributed by atoms with van der Waals surface area (Å²) in [5, 5.41) is 8.81. The van der Waals surface area contributed by atoms with E-state index in [0.29, 0.717) is 12.0 Å². The van der Waals surface area contributed by atoms with Gasteiger partial charge in [-0.25, -0.2) is 13.1 Å². The molecule has 0 aliphatic heterocycles. The lowest BCUT2D eigenvalue weighted by Crippen LogP contribution is -2.42. The fourth-order valence-electron chi connectivity index (χ4n) is 2.41. The normalized spacial score (nSPS) is 23.2. The topological polar surface area (TPSA) is 96.0 Å². The van der Waals surface area contributed by atoms with E-state index in [-0.39, 0.29) is 22.0 Å². The number of rotatable bonds is 3. The number of benzene rings is 1. The molecule has 0 aromatic heterocycles. The van der Waals surface area contributed by atoms with Crippen LogP contribution in [0.1, 0.15) is 31.2 Å². The zero-order chi connectivity index (χ0) is 14.8. The van der Waals surface area contributed by atoms with E-state index in [0.717, 1.165) is 19.3 Å². The summed E-state index contributed by atoms with van der Waals surface area (Å²) in [6.07, 6.45) is 3.25. The molecule has 1 aliphatic rings. The first-order valence-corrected chi connectivity index (χ1v) is 8.26. The van der Waals surface area contributed by atoms with Gasteiger partial charge >= 0.3 is 0 Å². The summed E-state index contributed by atoms with van der Waals surface area (Å²) in [4.78, 5) is -0.00249. The molecule has 0 bridgehead atoms. The zero-order valence-corrected chi connectivity index (χ0v) is 12.4. The average molecular weight is 314 g/mol. The van der Waals surface area contributed by atoms with Crippen molar-refractivity contribution < 1.29 is 8.42 Å². The molecule has 1 aliphatic carbocycles. The molecular formula is C13H16ClN3O2S. The molecule has 1 aromatic carbocycles. The largest absolute Gasteiger partial charge is 0.328 e. The van der Waals surface area contributed by atoms with E-state index >= 15 is 0 Å². The fourth-order valence-corrected chi connectivity index (χ4v) is 4.23. The molecule has 2 unspecified atom stereocenters. The van der Waals surface area contributed by atoms with Crippen LogP contribution < -0.4 is 10.5 Å². The van der Waals surface area contributed by atoms with E-state index in [1.807, 2.05) is 6.07 Å². The van der Waals surface area contributed by atoms with Crippen molar-refractivity contribution in [3.63, 3.8) is 0 Å². The smallest absolute Gasteiger partial charge is 0.242 e. The molecule has 3 N–H and O–H groups in total. The van der Waals surface area contributed by atoms with Gasteiger partial charge in [0.2, 0.25) is 10.0 Å². The van der Waals surface area contributed by atoms with Crippen molar-refractivity contribution in [2.75, 3.05) is 0 Å². The van der Waals surface area contributed by atoms with Crippen molar-refractivity contribution in [1.29, 1.82) is 5.26 Å². The van der Waals surface area contributed by atoms with Crippen LogP contribution >= 0.6 is 11.6 Å². The van der Waals surface area contributed by atoms with Crippen LogP contribution in [0.4, 0.5) is 0 Å². The number of hydrogen-bond acceptors (Lipinski definition) is 4. The van der Waals surface area contributed by atoms with Gasteiger partial charge in [0, 0.05) is 12.1 Å². The highest BCUT2D eigenvalue weighted by Gasteiger charge is 2.26. The molecule has 0 radical (unpaired) electrons. The number of nitrogens with two attached hydrogens (primary N) is 1. The summed E-state index contributed by atoms with van der Waals surface area (Å²) in [6, 6.07) is 5.94. The Balaban J connectivity index is 2.20. The minimum atomic E-state index is -3.69. The van der Waals surface area contributed by atoms with E-state index in [1.54, 1.807) is 0 Å². The van der Waals surface area contributed by atoms with Gasteiger partial charge in [-0.1, -0.05) is 18.0 Å². The molecule has 108 valence electrons. The molecule has 1 fully saturated rings. The van der Waals surface area contributed by atoms with Crippen LogP contribution in [0.3, 0.4) is 0 Å². The highest BCUT2D eigenvalue weighted by Crippen LogP contribution is 2.24. The fraction of sp³-hybridized carbons (Fsp3) is 0.462. The van der Waals surface area contributed by atoms with Gasteiger partial charge in [-0.05, 0) is 37.5 Å². The van der Waals surface area contributed by atoms with Gasteiger partial charge in [0.25, 0.3) is 0 Å². The highest BCUT2D eigenvalue weighted by molar-refractivity contribution is 7.89. The van der Waals surface area contributed by atoms with Crippen molar-refractivity contribution in [3.8, 4) is 6.07 Å². The molecule has 20 heavy (non-hydrogen) atoms. The van der Waals surface area contributed by atoms with E-state index in [1.165, 1.54) is 18.2 Å². The van der Waals surface area contributed by atoms with Gasteiger partial charge in [-0.2, -0.15) is 5.26 Å². The Labute approximate surface area is 123 Å². The van der Waals surface area contributed by atoms with Crippen LogP contribution in [-0.4, -0.2) is 20.5 Å². The molecular weight excluding hydrogens is 298 g/mol. The molecule has 0 saturated heterocycles. The van der Waals surface area contributed by atoms with Crippen molar-refractivity contribution in [3.05, 3.63) is 28.8 Å². The average Bonchev–Trinajstić information content (AvgIpc) is 2.37. The molecule has 0 spiro atoms. The van der Waals surface area contributed by atoms with Gasteiger partial charge < -0.3 is 5.73 Å². The van der Waals surface area contributed by atoms with Gasteiger partial charge in [0.1, 0.15) is 4.90 Å². The lowest BCUT2D eigenvalue weighted by atomic mass is 9.92. The van der Waals surface area contributed by atoms with Crippen LogP contribution in [0.2, 0.25) is 5.02 Å². The minimum absolute atomic E-state index is 0.00249. The van der Waals surface area contributed by atoms with E-state index in [4.69, 9.17) is 22.6 Å². The number of nitrogens with one attached hydrogen (secondary N) is 1. The third-order valence-electron chi connectivity index (χ3n) is 3.39. The molecule has 2 rings (SSSR count). The number of sulfonamides is 1. The van der Waals surface area contributed by atoms with Crippen molar-refractivity contribution in [1.82, 2.24) is 4.72 Å². The monoisotopic (exact) mass is 313 g/mol. The van der Waals surface area contributed by atoms with Crippen LogP contribution in [0, 0.1) is 11.3 Å². The Kier molecular flexibility index (Phi) is 4.66. The van der Waals surface area contributed by atoms with Gasteiger partial charge in [-0.3, -0.25) is 0 Å². The number of nitrogens with zero attached hydrogens (tertiary/aromatic N) is 1. The molecule has 1 saturated carbocycles. The summed E-state index contributed by atoms with van der Waals surface area (Å²) in [6.45, 7) is 0. The standard InChI is InChI=1S/C13H16ClN3O2S/c14-12-6-9(8-15)4-5-13(12)20(18,19)17-11-3-1-2-10(16)7-11/h4-6,10-11,17H,1-3,7,16H2. The van der Waals surface area contributed by atoms with E-state index < -0.39 is 10.0 Å². The van der Waals surface area contributed by atoms with E-state index in [9.17, 15) is 8.42 Å². The SMILES string of the molecule is N#Cc1ccc(S(=O)(=O)NC2CCCC(N)C2)c(Cl)c1. The molecule has 7 heteroatoms. The first-order chi connectivity index (χ1) is 9.42. The van der Waals surface area contributed by atoms with Crippen molar-refractivity contribution in [2.24, 2.45) is 5.73 Å². The predicted octanol–water partition coefficient (Wildman–Crippen LogP) is 1.76. The Morgan fingerprint density at radius 1 is 1.40 bits per heavy atom. The van der Waals surface area contributed by atoms with Gasteiger partial charge in [-0.15, -0.1) is 0 Å². The Morgan fingerprint density at radius 2 is 2.15 bits per heavy atom. The van der Waals surface area contributed by atoms with Crippen molar-refractivity contribution >= 4 is 21.6 Å². The Morgan fingerprint density at radius 3 is 2.75 bits per heavy atom. The van der Waals surface area contributed by atoms with Gasteiger partial charge in [0.15, 0.2) is 0 Å². The molecule has 0 heterocycles. The molecule has 5 nitrogen and oxygen atoms in total. The van der Waals surface area contributed by atoms with Crippen LogP contribution in [-0.2, 0) is 10.0 Å². The van der Waals surface area contributed by atoms with Crippen LogP contribution in [0.25, 0.3) is 0 Å². The maximum Gasteiger partial charge on any atom is 0.242 e. The molecule has 0 amide bonds. The summed E-state index contributed by atoms with van der Waals surface area (Å²) >= 11 is 5.94. The minimum Gasteiger partial charge on any atom is -0.328 e. The first kappa shape index (κ1) is 15.3. The van der Waals surface area contributed by atoms with Crippen LogP contribution in [0.5, 0.6) is 0 Å². The second-order valence-corrected chi connectivity index (χ2v) is 7.09. The summed E-state index contributed by atoms with van der Waals surface area (Å²) in [7, 11) is -3.69. The third-order valence-corrected chi connectivity index (χ3v) is 5.39. The second-order valence-electron chi connectivity index (χ2n) is 5.00. The molecule has 1 aromatic rings. The molecule has 2 atom stereocenters. The summed E-state index contributed by atoms with van der Waals surface area (Å²) in [5.41, 5.74) is 6.18. The lowest BCUT2D eigenvalue weighted by molar-refractivity contribution is 0.371. The zero-order valence-electron chi connectivity index (χ0n) is 10.8. The Bertz CT molecular complexity index is 640. The maximum absolute atomic E-state index is 12.3. The van der Waals surface area contributed by atoms with Crippen LogP contribution in [0.15, 0.2) is 23.1 Å². The number of hydrogen-bond donors (Lipinski definition) is 2. The van der Waals surface area contributed by atoms with Gasteiger partial charge in [0.05, 0.1) is 16.7 Å². The third kappa shape index (κ3) is 3.49. The van der Waals surface area contributed by atoms with E-state index in [2.05, 4.69) is 4.72 Å². The highest BCUT2D eigenvalue weighted by atomic mass is 35.5. The Hall–Kier alpha value is -1.13. The predicted molar refractivity (Wildman–Crippen MR) is 76.7 cm³/mol. The quantitative estimate of drug-likeness (QED) is 0.888. The van der Waals surface area contributed by atoms with Crippen molar-refractivity contribution in [2.45, 2.75) is 42.7 Å². The first-order valence-electron chi connectivity index (χ1n) is 6.40. The summed E-state index contributed by atoms with van der Waals surface area (Å²) < 4.78 is 27.3. The number of halogens is 1. The maximum atomic E-state index is 12.3. The summed E-state index contributed by atoms with van der Waals surface area (Å²) in [5.74, 6) is 0. The second kappa shape index (κ2) is 6.10. The lowest BCUT2D eigenvalue weighted by Gasteiger charge is -2.27. The number of nitriles is 1.